The van der Waals surface area contributed by atoms with Crippen molar-refractivity contribution in [1.29, 1.82) is 0 Å². The van der Waals surface area contributed by atoms with Crippen molar-refractivity contribution in [3.8, 4) is 0 Å². The van der Waals surface area contributed by atoms with Gasteiger partial charge < -0.3 is 10.1 Å². The van der Waals surface area contributed by atoms with E-state index in [4.69, 9.17) is 4.74 Å². The monoisotopic (exact) mass is 308 g/mol. The fraction of sp³-hybridized carbons (Fsp3) is 1.00. The van der Waals surface area contributed by atoms with Crippen LogP contribution in [0.25, 0.3) is 0 Å². The van der Waals surface area contributed by atoms with E-state index < -0.39 is 12.8 Å². The van der Waals surface area contributed by atoms with Crippen molar-refractivity contribution < 1.29 is 17.9 Å². The molecule has 1 aliphatic heterocycles. The highest BCUT2D eigenvalue weighted by molar-refractivity contribution is 4.98. The first-order valence-corrected chi connectivity index (χ1v) is 8.04. The van der Waals surface area contributed by atoms with E-state index in [9.17, 15) is 13.2 Å². The number of alkyl halides is 3. The number of nitrogens with zero attached hydrogens (tertiary/aromatic N) is 1. The normalized spacial score (nSPS) is 27.1. The molecular formula is C15H27F3N2O. The van der Waals surface area contributed by atoms with E-state index >= 15 is 0 Å². The minimum atomic E-state index is -4.21. The molecule has 1 aliphatic carbocycles. The van der Waals surface area contributed by atoms with E-state index in [0.29, 0.717) is 12.5 Å². The van der Waals surface area contributed by atoms with Crippen LogP contribution in [0, 0.1) is 0 Å². The third-order valence-corrected chi connectivity index (χ3v) is 4.75. The molecule has 6 heteroatoms. The summed E-state index contributed by atoms with van der Waals surface area (Å²) in [6.45, 7) is 4.15. The topological polar surface area (TPSA) is 24.5 Å². The zero-order valence-corrected chi connectivity index (χ0v) is 12.8. The summed E-state index contributed by atoms with van der Waals surface area (Å²) >= 11 is 0. The van der Waals surface area contributed by atoms with Gasteiger partial charge in [-0.1, -0.05) is 12.8 Å². The summed E-state index contributed by atoms with van der Waals surface area (Å²) in [4.78, 5) is 2.43. The van der Waals surface area contributed by atoms with E-state index in [-0.39, 0.29) is 12.1 Å². The number of hydrogen-bond donors (Lipinski definition) is 1. The smallest absolute Gasteiger partial charge is 0.372 e. The Morgan fingerprint density at radius 1 is 1.29 bits per heavy atom. The van der Waals surface area contributed by atoms with E-state index in [0.717, 1.165) is 26.1 Å². The van der Waals surface area contributed by atoms with Crippen LogP contribution in [0.15, 0.2) is 0 Å². The van der Waals surface area contributed by atoms with Crippen molar-refractivity contribution in [2.24, 2.45) is 0 Å². The first-order valence-electron chi connectivity index (χ1n) is 8.04. The largest absolute Gasteiger partial charge is 0.411 e. The molecule has 0 aromatic heterocycles. The number of ether oxygens (including phenoxy) is 1. The number of halogens is 3. The number of nitrogens with one attached hydrogen (secondary N) is 1. The summed E-state index contributed by atoms with van der Waals surface area (Å²) in [7, 11) is 0. The van der Waals surface area contributed by atoms with Gasteiger partial charge >= 0.3 is 6.18 Å². The first-order chi connectivity index (χ1) is 9.90. The number of hydrogen-bond acceptors (Lipinski definition) is 3. The van der Waals surface area contributed by atoms with Gasteiger partial charge in [-0.2, -0.15) is 13.2 Å². The van der Waals surface area contributed by atoms with Crippen LogP contribution in [0.2, 0.25) is 0 Å². The van der Waals surface area contributed by atoms with E-state index in [1.807, 2.05) is 0 Å². The van der Waals surface area contributed by atoms with Crippen LogP contribution in [-0.2, 0) is 4.74 Å². The molecule has 1 saturated carbocycles. The molecule has 0 bridgehead atoms. The lowest BCUT2D eigenvalue weighted by Gasteiger charge is -2.35. The van der Waals surface area contributed by atoms with Crippen molar-refractivity contribution in [1.82, 2.24) is 10.2 Å². The minimum Gasteiger partial charge on any atom is -0.372 e. The third-order valence-electron chi connectivity index (χ3n) is 4.75. The zero-order valence-electron chi connectivity index (χ0n) is 12.8. The van der Waals surface area contributed by atoms with Crippen molar-refractivity contribution in [3.05, 3.63) is 0 Å². The second kappa shape index (κ2) is 7.29. The fourth-order valence-corrected chi connectivity index (χ4v) is 3.57. The lowest BCUT2D eigenvalue weighted by Crippen LogP contribution is -2.50. The lowest BCUT2D eigenvalue weighted by molar-refractivity contribution is -0.174. The van der Waals surface area contributed by atoms with Gasteiger partial charge in [0, 0.05) is 31.3 Å². The molecule has 1 spiro atoms. The molecular weight excluding hydrogens is 281 g/mol. The van der Waals surface area contributed by atoms with E-state index in [1.165, 1.54) is 25.7 Å². The maximum Gasteiger partial charge on any atom is 0.411 e. The van der Waals surface area contributed by atoms with Crippen molar-refractivity contribution in [2.75, 3.05) is 32.8 Å². The maximum atomic E-state index is 12.0. The molecule has 1 atom stereocenters. The Kier molecular flexibility index (Phi) is 5.91. The molecule has 1 N–H and O–H groups in total. The van der Waals surface area contributed by atoms with Gasteiger partial charge in [-0.05, 0) is 39.2 Å². The molecule has 3 nitrogen and oxygen atoms in total. The highest BCUT2D eigenvalue weighted by Gasteiger charge is 2.37. The van der Waals surface area contributed by atoms with Crippen LogP contribution in [0.4, 0.5) is 13.2 Å². The summed E-state index contributed by atoms with van der Waals surface area (Å²) in [5, 5.41) is 3.72. The van der Waals surface area contributed by atoms with Crippen molar-refractivity contribution in [3.63, 3.8) is 0 Å². The van der Waals surface area contributed by atoms with Crippen LogP contribution >= 0.6 is 0 Å². The van der Waals surface area contributed by atoms with Crippen LogP contribution in [-0.4, -0.2) is 55.5 Å². The van der Waals surface area contributed by atoms with Gasteiger partial charge in [-0.3, -0.25) is 4.90 Å². The third kappa shape index (κ3) is 5.42. The number of rotatable bonds is 5. The van der Waals surface area contributed by atoms with Crippen LogP contribution in [0.1, 0.15) is 45.4 Å². The molecule has 0 radical (unpaired) electrons. The van der Waals surface area contributed by atoms with Gasteiger partial charge in [-0.15, -0.1) is 0 Å². The Labute approximate surface area is 125 Å². The van der Waals surface area contributed by atoms with Crippen molar-refractivity contribution >= 4 is 0 Å². The summed E-state index contributed by atoms with van der Waals surface area (Å²) in [5.41, 5.74) is 0.248. The van der Waals surface area contributed by atoms with Gasteiger partial charge in [0.15, 0.2) is 0 Å². The van der Waals surface area contributed by atoms with Gasteiger partial charge in [0.25, 0.3) is 0 Å². The van der Waals surface area contributed by atoms with Gasteiger partial charge in [0.2, 0.25) is 0 Å². The Hall–Kier alpha value is -0.330. The zero-order chi connectivity index (χ0) is 15.3. The highest BCUT2D eigenvalue weighted by atomic mass is 19.4. The first kappa shape index (κ1) is 17.0. The van der Waals surface area contributed by atoms with Gasteiger partial charge in [0.1, 0.15) is 6.61 Å². The quantitative estimate of drug-likeness (QED) is 0.790. The van der Waals surface area contributed by atoms with Crippen LogP contribution in [0.3, 0.4) is 0 Å². The molecule has 0 amide bonds. The molecule has 2 aliphatic rings. The van der Waals surface area contributed by atoms with Crippen LogP contribution in [0.5, 0.6) is 0 Å². The molecule has 124 valence electrons. The molecule has 2 fully saturated rings. The predicted molar refractivity (Wildman–Crippen MR) is 76.3 cm³/mol. The molecule has 1 heterocycles. The average molecular weight is 308 g/mol. The van der Waals surface area contributed by atoms with E-state index in [2.05, 4.69) is 17.1 Å². The summed E-state index contributed by atoms with van der Waals surface area (Å²) in [5.74, 6) is 0. The summed E-state index contributed by atoms with van der Waals surface area (Å²) < 4.78 is 40.7. The summed E-state index contributed by atoms with van der Waals surface area (Å²) in [6.07, 6.45) is 2.56. The predicted octanol–water partition coefficient (Wildman–Crippen LogP) is 2.95. The lowest BCUT2D eigenvalue weighted by atomic mass is 9.97. The molecule has 2 rings (SSSR count). The van der Waals surface area contributed by atoms with Crippen molar-refractivity contribution in [2.45, 2.75) is 63.2 Å². The average Bonchev–Trinajstić information content (AvgIpc) is 2.77. The minimum absolute atomic E-state index is 0.184. The second-order valence-electron chi connectivity index (χ2n) is 6.54. The molecule has 1 unspecified atom stereocenters. The standard InChI is InChI=1S/C15H27F3N2O/c1-13-5-8-19-14(6-2-3-7-14)11-20(13)9-4-10-21-12-15(16,17)18/h13,19H,2-12H2,1H3. The Bertz CT molecular complexity index is 317. The molecule has 0 aromatic carbocycles. The molecule has 21 heavy (non-hydrogen) atoms. The second-order valence-corrected chi connectivity index (χ2v) is 6.54. The van der Waals surface area contributed by atoms with Crippen LogP contribution < -0.4 is 5.32 Å². The Morgan fingerprint density at radius 3 is 2.67 bits per heavy atom. The SMILES string of the molecule is CC1CCNC2(CCCC2)CN1CCCOCC(F)(F)F. The van der Waals surface area contributed by atoms with E-state index in [1.54, 1.807) is 0 Å². The Morgan fingerprint density at radius 2 is 2.00 bits per heavy atom. The fourth-order valence-electron chi connectivity index (χ4n) is 3.57. The highest BCUT2D eigenvalue weighted by Crippen LogP contribution is 2.32. The van der Waals surface area contributed by atoms with Gasteiger partial charge in [-0.25, -0.2) is 0 Å². The molecule has 1 saturated heterocycles. The van der Waals surface area contributed by atoms with Gasteiger partial charge in [0.05, 0.1) is 0 Å². The maximum absolute atomic E-state index is 12.0. The summed E-state index contributed by atoms with van der Waals surface area (Å²) in [6, 6.07) is 0.486. The Balaban J connectivity index is 1.74. The molecule has 0 aromatic rings.